The average molecular weight is 541 g/mol. The standard InChI is InChI=1S/C25H18ClIN2O2/c26-20-6-3-4-17(14-20)16-31-24-13-10-18-5-1-2-7-22(18)23(24)15-28-29-25(30)19-8-11-21(27)12-9-19/h1-15H,16H2,(H,29,30)/b28-15-. The maximum Gasteiger partial charge on any atom is 0.271 e. The van der Waals surface area contributed by atoms with Gasteiger partial charge in [-0.3, -0.25) is 4.79 Å². The fraction of sp³-hybridized carbons (Fsp3) is 0.0400. The second-order valence-electron chi connectivity index (χ2n) is 6.82. The van der Waals surface area contributed by atoms with Crippen molar-refractivity contribution in [3.63, 3.8) is 0 Å². The zero-order valence-electron chi connectivity index (χ0n) is 16.4. The van der Waals surface area contributed by atoms with Crippen molar-refractivity contribution in [3.05, 3.63) is 110 Å². The first-order valence-electron chi connectivity index (χ1n) is 9.58. The predicted octanol–water partition coefficient (Wildman–Crippen LogP) is 6.44. The van der Waals surface area contributed by atoms with Gasteiger partial charge in [0.15, 0.2) is 0 Å². The molecule has 0 atom stereocenters. The van der Waals surface area contributed by atoms with Crippen LogP contribution < -0.4 is 10.2 Å². The van der Waals surface area contributed by atoms with Gasteiger partial charge in [0, 0.05) is 19.7 Å². The third-order valence-corrected chi connectivity index (χ3v) is 5.63. The molecule has 0 aliphatic rings. The number of halogens is 2. The van der Waals surface area contributed by atoms with Gasteiger partial charge in [0.1, 0.15) is 12.4 Å². The number of nitrogens with zero attached hydrogens (tertiary/aromatic N) is 1. The first-order valence-corrected chi connectivity index (χ1v) is 11.0. The van der Waals surface area contributed by atoms with Crippen molar-refractivity contribution < 1.29 is 9.53 Å². The molecule has 0 bridgehead atoms. The molecule has 0 radical (unpaired) electrons. The summed E-state index contributed by atoms with van der Waals surface area (Å²) in [6.45, 7) is 0.370. The van der Waals surface area contributed by atoms with E-state index in [1.165, 1.54) is 0 Å². The van der Waals surface area contributed by atoms with Crippen molar-refractivity contribution in [3.8, 4) is 5.75 Å². The van der Waals surface area contributed by atoms with E-state index in [1.807, 2.05) is 72.8 Å². The van der Waals surface area contributed by atoms with E-state index < -0.39 is 0 Å². The van der Waals surface area contributed by atoms with Gasteiger partial charge in [-0.15, -0.1) is 0 Å². The van der Waals surface area contributed by atoms with Crippen LogP contribution in [0.1, 0.15) is 21.5 Å². The number of carbonyl (C=O) groups is 1. The van der Waals surface area contributed by atoms with Crippen molar-refractivity contribution in [1.82, 2.24) is 5.43 Å². The maximum absolute atomic E-state index is 12.4. The highest BCUT2D eigenvalue weighted by Crippen LogP contribution is 2.27. The van der Waals surface area contributed by atoms with E-state index in [1.54, 1.807) is 18.3 Å². The molecule has 0 aliphatic heterocycles. The number of carbonyl (C=O) groups excluding carboxylic acids is 1. The van der Waals surface area contributed by atoms with Crippen LogP contribution in [-0.4, -0.2) is 12.1 Å². The minimum Gasteiger partial charge on any atom is -0.488 e. The Hall–Kier alpha value is -2.90. The highest BCUT2D eigenvalue weighted by atomic mass is 127. The Morgan fingerprint density at radius 3 is 2.61 bits per heavy atom. The van der Waals surface area contributed by atoms with Gasteiger partial charge in [-0.25, -0.2) is 5.43 Å². The number of ether oxygens (including phenoxy) is 1. The van der Waals surface area contributed by atoms with Gasteiger partial charge < -0.3 is 4.74 Å². The van der Waals surface area contributed by atoms with Crippen LogP contribution >= 0.6 is 34.2 Å². The SMILES string of the molecule is O=C(N/N=C\c1c(OCc2cccc(Cl)c2)ccc2ccccc12)c1ccc(I)cc1. The van der Waals surface area contributed by atoms with E-state index in [9.17, 15) is 4.79 Å². The zero-order chi connectivity index (χ0) is 21.6. The summed E-state index contributed by atoms with van der Waals surface area (Å²) in [5, 5.41) is 6.90. The number of nitrogens with one attached hydrogen (secondary N) is 1. The molecular formula is C25H18ClIN2O2. The largest absolute Gasteiger partial charge is 0.488 e. The first-order chi connectivity index (χ1) is 15.1. The predicted molar refractivity (Wildman–Crippen MR) is 134 cm³/mol. The van der Waals surface area contributed by atoms with E-state index in [0.29, 0.717) is 22.9 Å². The molecule has 4 aromatic rings. The summed E-state index contributed by atoms with van der Waals surface area (Å²) in [7, 11) is 0. The van der Waals surface area contributed by atoms with Gasteiger partial charge in [0.05, 0.1) is 6.21 Å². The molecule has 31 heavy (non-hydrogen) atoms. The molecule has 0 fully saturated rings. The monoisotopic (exact) mass is 540 g/mol. The van der Waals surface area contributed by atoms with Crippen molar-refractivity contribution in [2.75, 3.05) is 0 Å². The van der Waals surface area contributed by atoms with Crippen LogP contribution in [0.15, 0.2) is 90.0 Å². The minimum atomic E-state index is -0.269. The van der Waals surface area contributed by atoms with E-state index in [4.69, 9.17) is 16.3 Å². The van der Waals surface area contributed by atoms with Gasteiger partial charge in [0.25, 0.3) is 5.91 Å². The summed E-state index contributed by atoms with van der Waals surface area (Å²) in [5.41, 5.74) is 4.91. The summed E-state index contributed by atoms with van der Waals surface area (Å²) in [4.78, 5) is 12.4. The molecule has 0 aromatic heterocycles. The summed E-state index contributed by atoms with van der Waals surface area (Å²) in [6.07, 6.45) is 1.63. The molecule has 4 rings (SSSR count). The van der Waals surface area contributed by atoms with Crippen molar-refractivity contribution in [2.45, 2.75) is 6.61 Å². The van der Waals surface area contributed by atoms with Crippen LogP contribution in [0.4, 0.5) is 0 Å². The molecule has 154 valence electrons. The Balaban J connectivity index is 1.58. The number of hydrogen-bond donors (Lipinski definition) is 1. The van der Waals surface area contributed by atoms with E-state index >= 15 is 0 Å². The molecule has 4 aromatic carbocycles. The molecule has 0 spiro atoms. The maximum atomic E-state index is 12.4. The van der Waals surface area contributed by atoms with E-state index in [0.717, 1.165) is 25.5 Å². The molecule has 0 unspecified atom stereocenters. The van der Waals surface area contributed by atoms with Crippen LogP contribution in [-0.2, 0) is 6.61 Å². The van der Waals surface area contributed by atoms with Crippen LogP contribution in [0, 0.1) is 3.57 Å². The number of rotatable bonds is 6. The Morgan fingerprint density at radius 1 is 1.00 bits per heavy atom. The average Bonchev–Trinajstić information content (AvgIpc) is 2.78. The number of hydrazone groups is 1. The fourth-order valence-electron chi connectivity index (χ4n) is 3.14. The van der Waals surface area contributed by atoms with Crippen LogP contribution in [0.3, 0.4) is 0 Å². The van der Waals surface area contributed by atoms with Crippen molar-refractivity contribution >= 4 is 57.1 Å². The second-order valence-corrected chi connectivity index (χ2v) is 8.51. The Labute approximate surface area is 199 Å². The van der Waals surface area contributed by atoms with Crippen LogP contribution in [0.2, 0.25) is 5.02 Å². The lowest BCUT2D eigenvalue weighted by molar-refractivity contribution is 0.0955. The quantitative estimate of drug-likeness (QED) is 0.174. The van der Waals surface area contributed by atoms with Gasteiger partial charge >= 0.3 is 0 Å². The smallest absolute Gasteiger partial charge is 0.271 e. The Kier molecular flexibility index (Phi) is 6.84. The zero-order valence-corrected chi connectivity index (χ0v) is 19.3. The highest BCUT2D eigenvalue weighted by molar-refractivity contribution is 14.1. The third kappa shape index (κ3) is 5.42. The molecule has 0 aliphatic carbocycles. The lowest BCUT2D eigenvalue weighted by Crippen LogP contribution is -2.17. The van der Waals surface area contributed by atoms with Crippen LogP contribution in [0.25, 0.3) is 10.8 Å². The van der Waals surface area contributed by atoms with E-state index in [2.05, 4.69) is 33.1 Å². The summed E-state index contributed by atoms with van der Waals surface area (Å²) < 4.78 is 7.14. The summed E-state index contributed by atoms with van der Waals surface area (Å²) >= 11 is 8.27. The van der Waals surface area contributed by atoms with Gasteiger partial charge in [-0.05, 0) is 81.4 Å². The number of benzene rings is 4. The number of fused-ring (bicyclic) bond motifs is 1. The summed E-state index contributed by atoms with van der Waals surface area (Å²) in [5.74, 6) is 0.403. The van der Waals surface area contributed by atoms with Crippen LogP contribution in [0.5, 0.6) is 5.75 Å². The van der Waals surface area contributed by atoms with Crippen molar-refractivity contribution in [2.24, 2.45) is 5.10 Å². The lowest BCUT2D eigenvalue weighted by atomic mass is 10.0. The first kappa shape index (κ1) is 21.3. The second kappa shape index (κ2) is 9.94. The molecule has 6 heteroatoms. The summed E-state index contributed by atoms with van der Waals surface area (Å²) in [6, 6.07) is 26.7. The van der Waals surface area contributed by atoms with Gasteiger partial charge in [-0.1, -0.05) is 54.1 Å². The van der Waals surface area contributed by atoms with E-state index in [-0.39, 0.29) is 5.91 Å². The van der Waals surface area contributed by atoms with Gasteiger partial charge in [-0.2, -0.15) is 5.10 Å². The molecule has 1 amide bonds. The fourth-order valence-corrected chi connectivity index (χ4v) is 3.72. The number of hydrogen-bond acceptors (Lipinski definition) is 3. The molecular weight excluding hydrogens is 523 g/mol. The third-order valence-electron chi connectivity index (χ3n) is 4.68. The Bertz CT molecular complexity index is 1260. The molecule has 0 saturated carbocycles. The molecule has 0 saturated heterocycles. The van der Waals surface area contributed by atoms with Crippen molar-refractivity contribution in [1.29, 1.82) is 0 Å². The topological polar surface area (TPSA) is 50.7 Å². The molecule has 1 N–H and O–H groups in total. The highest BCUT2D eigenvalue weighted by Gasteiger charge is 2.09. The minimum absolute atomic E-state index is 0.269. The number of amides is 1. The normalized spacial score (nSPS) is 11.0. The Morgan fingerprint density at radius 2 is 1.81 bits per heavy atom. The van der Waals surface area contributed by atoms with Gasteiger partial charge in [0.2, 0.25) is 0 Å². The molecule has 0 heterocycles. The molecule has 4 nitrogen and oxygen atoms in total. The lowest BCUT2D eigenvalue weighted by Gasteiger charge is -2.12.